The maximum atomic E-state index is 12.0. The Kier molecular flexibility index (Phi) is 4.12. The Hall–Kier alpha value is -2.97. The number of nitrogen functional groups attached to an aromatic ring is 1. The predicted molar refractivity (Wildman–Crippen MR) is 74.8 cm³/mol. The fraction of sp³-hybridized carbons (Fsp3) is 0.250. The Balaban J connectivity index is 2.29. The summed E-state index contributed by atoms with van der Waals surface area (Å²) in [7, 11) is 4.47. The van der Waals surface area contributed by atoms with Gasteiger partial charge in [0.2, 0.25) is 17.5 Å². The smallest absolute Gasteiger partial charge is 0.293 e. The molecule has 0 saturated heterocycles. The van der Waals surface area contributed by atoms with Crippen molar-refractivity contribution in [3.8, 4) is 17.2 Å². The van der Waals surface area contributed by atoms with E-state index < -0.39 is 5.91 Å². The van der Waals surface area contributed by atoms with Gasteiger partial charge >= 0.3 is 0 Å². The van der Waals surface area contributed by atoms with Crippen molar-refractivity contribution in [1.29, 1.82) is 0 Å². The number of nitrogens with one attached hydrogen (secondary N) is 2. The molecule has 0 spiro atoms. The molecular formula is C12H15N5O4. The highest BCUT2D eigenvalue weighted by atomic mass is 16.5. The Morgan fingerprint density at radius 3 is 2.24 bits per heavy atom. The van der Waals surface area contributed by atoms with Gasteiger partial charge in [-0.2, -0.15) is 4.98 Å². The number of ether oxygens (including phenoxy) is 3. The molecule has 0 aliphatic carbocycles. The highest BCUT2D eigenvalue weighted by Crippen LogP contribution is 2.39. The minimum atomic E-state index is -0.492. The van der Waals surface area contributed by atoms with Gasteiger partial charge in [0.15, 0.2) is 11.5 Å². The molecule has 9 nitrogen and oxygen atoms in total. The monoisotopic (exact) mass is 293 g/mol. The van der Waals surface area contributed by atoms with Crippen LogP contribution in [0.25, 0.3) is 0 Å². The van der Waals surface area contributed by atoms with Gasteiger partial charge in [-0.25, -0.2) is 0 Å². The molecule has 2 rings (SSSR count). The largest absolute Gasteiger partial charge is 0.493 e. The van der Waals surface area contributed by atoms with E-state index >= 15 is 0 Å². The Labute approximate surface area is 120 Å². The van der Waals surface area contributed by atoms with Gasteiger partial charge in [-0.05, 0) is 0 Å². The van der Waals surface area contributed by atoms with Crippen molar-refractivity contribution in [2.24, 2.45) is 0 Å². The highest BCUT2D eigenvalue weighted by molar-refractivity contribution is 6.02. The van der Waals surface area contributed by atoms with Crippen LogP contribution in [0.1, 0.15) is 10.6 Å². The SMILES string of the molecule is COc1cc(NC(=O)c2nc(N)n[nH]2)cc(OC)c1OC. The highest BCUT2D eigenvalue weighted by Gasteiger charge is 2.16. The normalized spacial score (nSPS) is 10.0. The van der Waals surface area contributed by atoms with Crippen LogP contribution in [0.2, 0.25) is 0 Å². The lowest BCUT2D eigenvalue weighted by Crippen LogP contribution is -2.14. The average molecular weight is 293 g/mol. The van der Waals surface area contributed by atoms with Gasteiger partial charge in [-0.3, -0.25) is 9.89 Å². The van der Waals surface area contributed by atoms with Crippen molar-refractivity contribution < 1.29 is 19.0 Å². The number of hydrogen-bond donors (Lipinski definition) is 3. The lowest BCUT2D eigenvalue weighted by Gasteiger charge is -2.14. The zero-order valence-corrected chi connectivity index (χ0v) is 11.8. The molecular weight excluding hydrogens is 278 g/mol. The van der Waals surface area contributed by atoms with E-state index in [-0.39, 0.29) is 11.8 Å². The van der Waals surface area contributed by atoms with Gasteiger partial charge in [0.05, 0.1) is 21.3 Å². The Bertz CT molecular complexity index is 630. The summed E-state index contributed by atoms with van der Waals surface area (Å²) in [6, 6.07) is 3.19. The van der Waals surface area contributed by atoms with E-state index in [9.17, 15) is 4.79 Å². The van der Waals surface area contributed by atoms with Crippen LogP contribution in [-0.4, -0.2) is 42.4 Å². The van der Waals surface area contributed by atoms with Crippen molar-refractivity contribution >= 4 is 17.5 Å². The minimum Gasteiger partial charge on any atom is -0.493 e. The molecule has 0 radical (unpaired) electrons. The molecule has 0 aliphatic heterocycles. The second-order valence-electron chi connectivity index (χ2n) is 3.91. The standard InChI is InChI=1S/C12H15N5O4/c1-19-7-4-6(5-8(20-2)9(7)21-3)14-11(18)10-15-12(13)17-16-10/h4-5H,1-3H3,(H,14,18)(H3,13,15,16,17). The summed E-state index contributed by atoms with van der Waals surface area (Å²) in [5.74, 6) is 0.773. The molecule has 2 aromatic rings. The molecule has 0 atom stereocenters. The lowest BCUT2D eigenvalue weighted by atomic mass is 10.2. The summed E-state index contributed by atoms with van der Waals surface area (Å²) in [5.41, 5.74) is 5.80. The van der Waals surface area contributed by atoms with E-state index in [1.165, 1.54) is 21.3 Å². The number of carbonyl (C=O) groups is 1. The van der Waals surface area contributed by atoms with Crippen LogP contribution in [0, 0.1) is 0 Å². The number of nitrogens with zero attached hydrogens (tertiary/aromatic N) is 2. The second-order valence-corrected chi connectivity index (χ2v) is 3.91. The van der Waals surface area contributed by atoms with E-state index in [1.54, 1.807) is 12.1 Å². The van der Waals surface area contributed by atoms with Gasteiger partial charge in [-0.15, -0.1) is 5.10 Å². The quantitative estimate of drug-likeness (QED) is 0.739. The fourth-order valence-electron chi connectivity index (χ4n) is 1.72. The first kappa shape index (κ1) is 14.4. The van der Waals surface area contributed by atoms with Gasteiger partial charge < -0.3 is 25.3 Å². The first-order valence-corrected chi connectivity index (χ1v) is 5.88. The molecule has 1 heterocycles. The molecule has 21 heavy (non-hydrogen) atoms. The molecule has 0 saturated carbocycles. The molecule has 0 unspecified atom stereocenters. The third-order valence-corrected chi connectivity index (χ3v) is 2.64. The van der Waals surface area contributed by atoms with Gasteiger partial charge in [0.1, 0.15) is 0 Å². The first-order valence-electron chi connectivity index (χ1n) is 5.88. The van der Waals surface area contributed by atoms with E-state index in [1.807, 2.05) is 0 Å². The van der Waals surface area contributed by atoms with E-state index in [2.05, 4.69) is 20.5 Å². The maximum Gasteiger partial charge on any atom is 0.293 e. The van der Waals surface area contributed by atoms with Gasteiger partial charge in [-0.1, -0.05) is 0 Å². The van der Waals surface area contributed by atoms with Crippen LogP contribution < -0.4 is 25.3 Å². The first-order chi connectivity index (χ1) is 10.1. The number of carbonyl (C=O) groups excluding carboxylic acids is 1. The van der Waals surface area contributed by atoms with Gasteiger partial charge in [0.25, 0.3) is 5.91 Å². The zero-order valence-electron chi connectivity index (χ0n) is 11.8. The van der Waals surface area contributed by atoms with Crippen molar-refractivity contribution in [2.75, 3.05) is 32.4 Å². The molecule has 1 aromatic heterocycles. The Morgan fingerprint density at radius 1 is 1.19 bits per heavy atom. The molecule has 0 aliphatic rings. The van der Waals surface area contributed by atoms with Crippen LogP contribution in [0.4, 0.5) is 11.6 Å². The molecule has 112 valence electrons. The Morgan fingerprint density at radius 2 is 1.81 bits per heavy atom. The van der Waals surface area contributed by atoms with Crippen molar-refractivity contribution in [2.45, 2.75) is 0 Å². The number of amides is 1. The molecule has 4 N–H and O–H groups in total. The van der Waals surface area contributed by atoms with E-state index in [4.69, 9.17) is 19.9 Å². The number of anilines is 2. The van der Waals surface area contributed by atoms with E-state index in [0.717, 1.165) is 0 Å². The number of H-pyrrole nitrogens is 1. The van der Waals surface area contributed by atoms with Gasteiger partial charge in [0, 0.05) is 17.8 Å². The zero-order chi connectivity index (χ0) is 15.4. The van der Waals surface area contributed by atoms with Crippen LogP contribution in [0.15, 0.2) is 12.1 Å². The number of aromatic nitrogens is 3. The number of methoxy groups -OCH3 is 3. The van der Waals surface area contributed by atoms with Crippen LogP contribution in [0.3, 0.4) is 0 Å². The number of rotatable bonds is 5. The molecule has 0 fully saturated rings. The number of nitrogens with two attached hydrogens (primary N) is 1. The van der Waals surface area contributed by atoms with Crippen LogP contribution >= 0.6 is 0 Å². The summed E-state index contributed by atoms with van der Waals surface area (Å²) in [6.07, 6.45) is 0. The lowest BCUT2D eigenvalue weighted by molar-refractivity contribution is 0.101. The summed E-state index contributed by atoms with van der Waals surface area (Å²) in [4.78, 5) is 15.7. The number of aromatic amines is 1. The molecule has 1 aromatic carbocycles. The topological polar surface area (TPSA) is 124 Å². The average Bonchev–Trinajstić information content (AvgIpc) is 2.92. The summed E-state index contributed by atoms with van der Waals surface area (Å²) < 4.78 is 15.6. The minimum absolute atomic E-state index is 0.00116. The third kappa shape index (κ3) is 2.96. The van der Waals surface area contributed by atoms with Crippen LogP contribution in [-0.2, 0) is 0 Å². The third-order valence-electron chi connectivity index (χ3n) is 2.64. The second kappa shape index (κ2) is 5.99. The number of hydrogen-bond acceptors (Lipinski definition) is 7. The summed E-state index contributed by atoms with van der Waals surface area (Å²) in [5, 5.41) is 8.63. The van der Waals surface area contributed by atoms with E-state index in [0.29, 0.717) is 22.9 Å². The molecule has 1 amide bonds. The fourth-order valence-corrected chi connectivity index (χ4v) is 1.72. The van der Waals surface area contributed by atoms with Crippen molar-refractivity contribution in [3.63, 3.8) is 0 Å². The maximum absolute atomic E-state index is 12.0. The summed E-state index contributed by atoms with van der Waals surface area (Å²) >= 11 is 0. The predicted octanol–water partition coefficient (Wildman–Crippen LogP) is 0.665. The van der Waals surface area contributed by atoms with Crippen molar-refractivity contribution in [1.82, 2.24) is 15.2 Å². The molecule has 9 heteroatoms. The van der Waals surface area contributed by atoms with Crippen LogP contribution in [0.5, 0.6) is 17.2 Å². The summed E-state index contributed by atoms with van der Waals surface area (Å²) in [6.45, 7) is 0. The molecule has 0 bridgehead atoms. The van der Waals surface area contributed by atoms with Crippen molar-refractivity contribution in [3.05, 3.63) is 18.0 Å². The number of benzene rings is 1.